The number of methoxy groups -OCH3 is 1. The Kier molecular flexibility index (Phi) is 4.52. The molecule has 1 aromatic carbocycles. The average Bonchev–Trinajstić information content (AvgIpc) is 2.38. The van der Waals surface area contributed by atoms with E-state index in [0.717, 1.165) is 0 Å². The first-order valence-electron chi connectivity index (χ1n) is 5.40. The maximum atomic E-state index is 12.2. The molecule has 1 aromatic heterocycles. The summed E-state index contributed by atoms with van der Waals surface area (Å²) in [7, 11) is -2.26. The molecule has 0 aliphatic carbocycles. The zero-order chi connectivity index (χ0) is 14.8. The van der Waals surface area contributed by atoms with Crippen LogP contribution >= 0.6 is 27.5 Å². The summed E-state index contributed by atoms with van der Waals surface area (Å²) in [4.78, 5) is 3.69. The lowest BCUT2D eigenvalue weighted by molar-refractivity contribution is 0.412. The summed E-state index contributed by atoms with van der Waals surface area (Å²) in [6.07, 6.45) is 2.62. The van der Waals surface area contributed by atoms with Crippen LogP contribution in [0.3, 0.4) is 0 Å². The van der Waals surface area contributed by atoms with Crippen LogP contribution in [0, 0.1) is 0 Å². The van der Waals surface area contributed by atoms with Crippen molar-refractivity contribution < 1.29 is 13.2 Å². The van der Waals surface area contributed by atoms with Crippen molar-refractivity contribution in [3.63, 3.8) is 0 Å². The van der Waals surface area contributed by atoms with Crippen LogP contribution < -0.4 is 9.46 Å². The Morgan fingerprint density at radius 3 is 2.70 bits per heavy atom. The number of nitrogens with one attached hydrogen (secondary N) is 1. The van der Waals surface area contributed by atoms with Crippen molar-refractivity contribution in [2.24, 2.45) is 0 Å². The van der Waals surface area contributed by atoms with Gasteiger partial charge in [0.15, 0.2) is 0 Å². The predicted molar refractivity (Wildman–Crippen MR) is 80.7 cm³/mol. The molecule has 106 valence electrons. The number of ether oxygens (including phenoxy) is 1. The molecule has 1 heterocycles. The molecule has 0 saturated carbocycles. The van der Waals surface area contributed by atoms with E-state index in [4.69, 9.17) is 16.3 Å². The largest absolute Gasteiger partial charge is 0.496 e. The molecule has 8 heteroatoms. The lowest BCUT2D eigenvalue weighted by Crippen LogP contribution is -2.13. The number of hydrogen-bond acceptors (Lipinski definition) is 4. The molecule has 0 spiro atoms. The van der Waals surface area contributed by atoms with Crippen LogP contribution in [0.2, 0.25) is 5.02 Å². The lowest BCUT2D eigenvalue weighted by atomic mass is 10.3. The second-order valence-corrected chi connectivity index (χ2v) is 6.67. The van der Waals surface area contributed by atoms with Gasteiger partial charge in [-0.15, -0.1) is 0 Å². The van der Waals surface area contributed by atoms with Gasteiger partial charge in [0.2, 0.25) is 0 Å². The molecule has 0 amide bonds. The normalized spacial score (nSPS) is 11.2. The smallest absolute Gasteiger partial charge is 0.264 e. The number of benzene rings is 1. The zero-order valence-corrected chi connectivity index (χ0v) is 13.5. The van der Waals surface area contributed by atoms with Gasteiger partial charge in [-0.2, -0.15) is 0 Å². The summed E-state index contributed by atoms with van der Waals surface area (Å²) in [6, 6.07) is 6.25. The van der Waals surface area contributed by atoms with Crippen molar-refractivity contribution in [1.29, 1.82) is 0 Å². The van der Waals surface area contributed by atoms with Gasteiger partial charge in [0, 0.05) is 12.4 Å². The van der Waals surface area contributed by atoms with Crippen molar-refractivity contribution in [1.82, 2.24) is 4.98 Å². The molecule has 0 aliphatic rings. The first kappa shape index (κ1) is 15.1. The van der Waals surface area contributed by atoms with Crippen LogP contribution in [0.25, 0.3) is 0 Å². The second-order valence-electron chi connectivity index (χ2n) is 3.76. The van der Waals surface area contributed by atoms with E-state index < -0.39 is 10.0 Å². The Morgan fingerprint density at radius 1 is 1.35 bits per heavy atom. The minimum absolute atomic E-state index is 0.0754. The van der Waals surface area contributed by atoms with Gasteiger partial charge in [0.1, 0.15) is 10.6 Å². The summed E-state index contributed by atoms with van der Waals surface area (Å²) in [5, 5.41) is 0.111. The van der Waals surface area contributed by atoms with Crippen LogP contribution in [-0.2, 0) is 10.0 Å². The highest BCUT2D eigenvalue weighted by molar-refractivity contribution is 9.10. The molecule has 0 unspecified atom stereocenters. The Hall–Kier alpha value is -1.31. The zero-order valence-electron chi connectivity index (χ0n) is 10.3. The molecule has 2 rings (SSSR count). The van der Waals surface area contributed by atoms with Crippen molar-refractivity contribution in [3.05, 3.63) is 46.2 Å². The molecule has 5 nitrogen and oxygen atoms in total. The van der Waals surface area contributed by atoms with Gasteiger partial charge in [0.25, 0.3) is 10.0 Å². The number of anilines is 1. The number of rotatable bonds is 4. The van der Waals surface area contributed by atoms with Crippen LogP contribution in [0.1, 0.15) is 0 Å². The van der Waals surface area contributed by atoms with Gasteiger partial charge in [-0.1, -0.05) is 11.6 Å². The van der Waals surface area contributed by atoms with E-state index in [1.165, 1.54) is 25.6 Å². The SMILES string of the molecule is COc1ccc(NS(=O)(=O)c2cnccc2Cl)cc1Br. The number of aromatic nitrogens is 1. The standard InChI is InChI=1S/C12H10BrClN2O3S/c1-19-11-3-2-8(6-9(11)13)16-20(17,18)12-7-15-5-4-10(12)14/h2-7,16H,1H3. The number of hydrogen-bond donors (Lipinski definition) is 1. The molecule has 1 N–H and O–H groups in total. The van der Waals surface area contributed by atoms with Gasteiger partial charge in [-0.25, -0.2) is 8.42 Å². The Balaban J connectivity index is 2.34. The molecule has 0 bridgehead atoms. The van der Waals surface area contributed by atoms with Crippen molar-refractivity contribution in [2.75, 3.05) is 11.8 Å². The second kappa shape index (κ2) is 5.99. The molecule has 20 heavy (non-hydrogen) atoms. The topological polar surface area (TPSA) is 68.3 Å². The summed E-state index contributed by atoms with van der Waals surface area (Å²) in [5.74, 6) is 0.604. The maximum Gasteiger partial charge on any atom is 0.264 e. The molecule has 0 atom stereocenters. The Bertz CT molecular complexity index is 737. The Labute approximate surface area is 130 Å². The monoisotopic (exact) mass is 376 g/mol. The van der Waals surface area contributed by atoms with Gasteiger partial charge in [-0.3, -0.25) is 9.71 Å². The van der Waals surface area contributed by atoms with E-state index in [9.17, 15) is 8.42 Å². The predicted octanol–water partition coefficient (Wildman–Crippen LogP) is 3.31. The van der Waals surface area contributed by atoms with Gasteiger partial charge in [-0.05, 0) is 40.2 Å². The summed E-state index contributed by atoms with van der Waals surface area (Å²) < 4.78 is 32.6. The first-order chi connectivity index (χ1) is 9.44. The highest BCUT2D eigenvalue weighted by Crippen LogP contribution is 2.29. The molecular formula is C12H10BrClN2O3S. The van der Waals surface area contributed by atoms with Gasteiger partial charge >= 0.3 is 0 Å². The summed E-state index contributed by atoms with van der Waals surface area (Å²) in [5.41, 5.74) is 0.387. The van der Waals surface area contributed by atoms with Crippen LogP contribution in [0.15, 0.2) is 46.0 Å². The number of sulfonamides is 1. The average molecular weight is 378 g/mol. The van der Waals surface area contributed by atoms with Crippen LogP contribution in [0.4, 0.5) is 5.69 Å². The van der Waals surface area contributed by atoms with E-state index in [1.54, 1.807) is 18.2 Å². The summed E-state index contributed by atoms with van der Waals surface area (Å²) >= 11 is 9.15. The fourth-order valence-electron chi connectivity index (χ4n) is 1.50. The minimum atomic E-state index is -3.79. The van der Waals surface area contributed by atoms with E-state index in [-0.39, 0.29) is 9.92 Å². The third kappa shape index (κ3) is 3.23. The third-order valence-electron chi connectivity index (χ3n) is 2.43. The highest BCUT2D eigenvalue weighted by Gasteiger charge is 2.18. The van der Waals surface area contributed by atoms with Crippen LogP contribution in [0.5, 0.6) is 5.75 Å². The molecule has 0 fully saturated rings. The maximum absolute atomic E-state index is 12.2. The number of pyridine rings is 1. The first-order valence-corrected chi connectivity index (χ1v) is 8.05. The molecule has 0 radical (unpaired) electrons. The molecule has 2 aromatic rings. The molecular weight excluding hydrogens is 368 g/mol. The number of nitrogens with zero attached hydrogens (tertiary/aromatic N) is 1. The summed E-state index contributed by atoms with van der Waals surface area (Å²) in [6.45, 7) is 0. The van der Waals surface area contributed by atoms with Crippen molar-refractivity contribution >= 4 is 43.2 Å². The number of halogens is 2. The lowest BCUT2D eigenvalue weighted by Gasteiger charge is -2.10. The third-order valence-corrected chi connectivity index (χ3v) is 4.90. The molecule has 0 saturated heterocycles. The van der Waals surface area contributed by atoms with Crippen molar-refractivity contribution in [3.8, 4) is 5.75 Å². The quantitative estimate of drug-likeness (QED) is 0.887. The van der Waals surface area contributed by atoms with E-state index in [2.05, 4.69) is 25.6 Å². The fourth-order valence-corrected chi connectivity index (χ4v) is 3.52. The molecule has 0 aliphatic heterocycles. The van der Waals surface area contributed by atoms with E-state index in [1.807, 2.05) is 0 Å². The van der Waals surface area contributed by atoms with Gasteiger partial charge < -0.3 is 4.74 Å². The van der Waals surface area contributed by atoms with Gasteiger partial charge in [0.05, 0.1) is 22.3 Å². The Morgan fingerprint density at radius 2 is 2.10 bits per heavy atom. The van der Waals surface area contributed by atoms with Crippen LogP contribution in [-0.4, -0.2) is 20.5 Å². The van der Waals surface area contributed by atoms with Crippen molar-refractivity contribution in [2.45, 2.75) is 4.90 Å². The van der Waals surface area contributed by atoms with E-state index >= 15 is 0 Å². The highest BCUT2D eigenvalue weighted by atomic mass is 79.9. The fraction of sp³-hybridized carbons (Fsp3) is 0.0833. The minimum Gasteiger partial charge on any atom is -0.496 e. The van der Waals surface area contributed by atoms with E-state index in [0.29, 0.717) is 15.9 Å².